The van der Waals surface area contributed by atoms with E-state index in [2.05, 4.69) is 39.4 Å². The zero-order valence-corrected chi connectivity index (χ0v) is 12.1. The molecule has 0 atom stereocenters. The summed E-state index contributed by atoms with van der Waals surface area (Å²) in [7, 11) is 3.75. The number of benzene rings is 1. The molecule has 0 saturated carbocycles. The Morgan fingerprint density at radius 3 is 2.37 bits per heavy atom. The Morgan fingerprint density at radius 1 is 1.11 bits per heavy atom. The van der Waals surface area contributed by atoms with Crippen LogP contribution in [-0.4, -0.2) is 58.4 Å². The Kier molecular flexibility index (Phi) is 5.63. The molecule has 2 rings (SSSR count). The first kappa shape index (κ1) is 14.3. The molecule has 0 aromatic heterocycles. The molecule has 1 aliphatic rings. The van der Waals surface area contributed by atoms with Crippen LogP contribution in [0.2, 0.25) is 0 Å². The van der Waals surface area contributed by atoms with Gasteiger partial charge in [-0.1, -0.05) is 12.1 Å². The summed E-state index contributed by atoms with van der Waals surface area (Å²) in [5, 5.41) is 3.18. The van der Waals surface area contributed by atoms with Crippen LogP contribution >= 0.6 is 0 Å². The average Bonchev–Trinajstić information content (AvgIpc) is 2.47. The second-order valence-electron chi connectivity index (χ2n) is 5.02. The van der Waals surface area contributed by atoms with E-state index < -0.39 is 0 Å². The van der Waals surface area contributed by atoms with E-state index in [1.165, 1.54) is 11.3 Å². The van der Waals surface area contributed by atoms with Crippen molar-refractivity contribution in [3.05, 3.63) is 29.8 Å². The first-order chi connectivity index (χ1) is 9.33. The van der Waals surface area contributed by atoms with Crippen molar-refractivity contribution in [1.29, 1.82) is 0 Å². The molecule has 0 radical (unpaired) electrons. The third-order valence-electron chi connectivity index (χ3n) is 3.67. The standard InChI is InChI=1S/C15H25N3O/c1-16-13-14-3-5-15(6-4-14)18-9-7-17(8-10-18)11-12-19-2/h3-6,16H,7-13H2,1-2H3. The van der Waals surface area contributed by atoms with Gasteiger partial charge in [-0.3, -0.25) is 4.90 Å². The number of nitrogens with zero attached hydrogens (tertiary/aromatic N) is 2. The predicted molar refractivity (Wildman–Crippen MR) is 79.7 cm³/mol. The van der Waals surface area contributed by atoms with Gasteiger partial charge in [-0.2, -0.15) is 0 Å². The lowest BCUT2D eigenvalue weighted by Crippen LogP contribution is -2.47. The summed E-state index contributed by atoms with van der Waals surface area (Å²) in [6, 6.07) is 8.89. The number of ether oxygens (including phenoxy) is 1. The molecule has 0 spiro atoms. The lowest BCUT2D eigenvalue weighted by Gasteiger charge is -2.36. The molecule has 0 aliphatic carbocycles. The van der Waals surface area contributed by atoms with Gasteiger partial charge in [-0.05, 0) is 24.7 Å². The van der Waals surface area contributed by atoms with Crippen molar-refractivity contribution in [2.75, 3.05) is 58.4 Å². The molecular formula is C15H25N3O. The van der Waals surface area contributed by atoms with Crippen molar-refractivity contribution in [1.82, 2.24) is 10.2 Å². The van der Waals surface area contributed by atoms with Crippen molar-refractivity contribution >= 4 is 5.69 Å². The third-order valence-corrected chi connectivity index (χ3v) is 3.67. The van der Waals surface area contributed by atoms with Gasteiger partial charge in [0.2, 0.25) is 0 Å². The summed E-state index contributed by atoms with van der Waals surface area (Å²) >= 11 is 0. The number of piperazine rings is 1. The van der Waals surface area contributed by atoms with Crippen molar-refractivity contribution < 1.29 is 4.74 Å². The minimum absolute atomic E-state index is 0.832. The normalized spacial score (nSPS) is 16.8. The van der Waals surface area contributed by atoms with Crippen molar-refractivity contribution in [2.45, 2.75) is 6.54 Å². The molecule has 1 aromatic carbocycles. The van der Waals surface area contributed by atoms with Gasteiger partial charge < -0.3 is 15.0 Å². The molecule has 4 heteroatoms. The molecule has 1 aliphatic heterocycles. The predicted octanol–water partition coefficient (Wildman–Crippen LogP) is 1.17. The van der Waals surface area contributed by atoms with Crippen LogP contribution in [0.5, 0.6) is 0 Å². The largest absolute Gasteiger partial charge is 0.383 e. The van der Waals surface area contributed by atoms with Crippen molar-refractivity contribution in [3.63, 3.8) is 0 Å². The fraction of sp³-hybridized carbons (Fsp3) is 0.600. The van der Waals surface area contributed by atoms with Gasteiger partial charge >= 0.3 is 0 Å². The Morgan fingerprint density at radius 2 is 1.79 bits per heavy atom. The lowest BCUT2D eigenvalue weighted by atomic mass is 10.2. The summed E-state index contributed by atoms with van der Waals surface area (Å²) in [5.41, 5.74) is 2.68. The van der Waals surface area contributed by atoms with E-state index in [0.717, 1.165) is 45.9 Å². The van der Waals surface area contributed by atoms with Gasteiger partial charge in [-0.25, -0.2) is 0 Å². The SMILES string of the molecule is CNCc1ccc(N2CCN(CCOC)CC2)cc1. The first-order valence-corrected chi connectivity index (χ1v) is 7.03. The number of hydrogen-bond acceptors (Lipinski definition) is 4. The topological polar surface area (TPSA) is 27.7 Å². The van der Waals surface area contributed by atoms with Crippen LogP contribution in [0.3, 0.4) is 0 Å². The molecular weight excluding hydrogens is 238 g/mol. The van der Waals surface area contributed by atoms with Gasteiger partial charge in [0.25, 0.3) is 0 Å². The summed E-state index contributed by atoms with van der Waals surface area (Å²) in [5.74, 6) is 0. The fourth-order valence-electron chi connectivity index (χ4n) is 2.48. The van der Waals surface area contributed by atoms with Crippen molar-refractivity contribution in [2.24, 2.45) is 0 Å². The van der Waals surface area contributed by atoms with Crippen LogP contribution in [0.25, 0.3) is 0 Å². The molecule has 4 nitrogen and oxygen atoms in total. The average molecular weight is 263 g/mol. The number of rotatable bonds is 6. The Labute approximate surface area is 116 Å². The monoisotopic (exact) mass is 263 g/mol. The number of nitrogens with one attached hydrogen (secondary N) is 1. The highest BCUT2D eigenvalue weighted by Crippen LogP contribution is 2.17. The highest BCUT2D eigenvalue weighted by Gasteiger charge is 2.16. The quantitative estimate of drug-likeness (QED) is 0.834. The number of anilines is 1. The van der Waals surface area contributed by atoms with Crippen LogP contribution < -0.4 is 10.2 Å². The van der Waals surface area contributed by atoms with Crippen LogP contribution in [0, 0.1) is 0 Å². The Hall–Kier alpha value is -1.10. The van der Waals surface area contributed by atoms with Crippen LogP contribution in [0.4, 0.5) is 5.69 Å². The molecule has 1 fully saturated rings. The fourth-order valence-corrected chi connectivity index (χ4v) is 2.48. The first-order valence-electron chi connectivity index (χ1n) is 7.03. The highest BCUT2D eigenvalue weighted by molar-refractivity contribution is 5.48. The smallest absolute Gasteiger partial charge is 0.0589 e. The molecule has 0 amide bonds. The zero-order valence-electron chi connectivity index (χ0n) is 12.1. The molecule has 19 heavy (non-hydrogen) atoms. The molecule has 1 aromatic rings. The van der Waals surface area contributed by atoms with E-state index in [-0.39, 0.29) is 0 Å². The van der Waals surface area contributed by atoms with E-state index >= 15 is 0 Å². The maximum atomic E-state index is 5.13. The minimum atomic E-state index is 0.832. The Balaban J connectivity index is 1.83. The van der Waals surface area contributed by atoms with Gasteiger partial charge in [0.15, 0.2) is 0 Å². The van der Waals surface area contributed by atoms with Crippen LogP contribution in [0.1, 0.15) is 5.56 Å². The molecule has 0 unspecified atom stereocenters. The van der Waals surface area contributed by atoms with Crippen molar-refractivity contribution in [3.8, 4) is 0 Å². The molecule has 1 N–H and O–H groups in total. The Bertz CT molecular complexity index is 358. The van der Waals surface area contributed by atoms with E-state index in [0.29, 0.717) is 0 Å². The van der Waals surface area contributed by atoms with Gasteiger partial charge in [0, 0.05) is 52.1 Å². The van der Waals surface area contributed by atoms with E-state index in [4.69, 9.17) is 4.74 Å². The highest BCUT2D eigenvalue weighted by atomic mass is 16.5. The number of hydrogen-bond donors (Lipinski definition) is 1. The minimum Gasteiger partial charge on any atom is -0.383 e. The molecule has 106 valence electrons. The van der Waals surface area contributed by atoms with E-state index in [1.54, 1.807) is 7.11 Å². The molecule has 0 bridgehead atoms. The van der Waals surface area contributed by atoms with E-state index in [1.807, 2.05) is 7.05 Å². The lowest BCUT2D eigenvalue weighted by molar-refractivity contribution is 0.144. The maximum Gasteiger partial charge on any atom is 0.0589 e. The third kappa shape index (κ3) is 4.20. The summed E-state index contributed by atoms with van der Waals surface area (Å²) in [6.07, 6.45) is 0. The molecule has 1 saturated heterocycles. The van der Waals surface area contributed by atoms with Crippen LogP contribution in [0.15, 0.2) is 24.3 Å². The van der Waals surface area contributed by atoms with Gasteiger partial charge in [-0.15, -0.1) is 0 Å². The molecule has 1 heterocycles. The van der Waals surface area contributed by atoms with Gasteiger partial charge in [0.05, 0.1) is 6.61 Å². The van der Waals surface area contributed by atoms with E-state index in [9.17, 15) is 0 Å². The second-order valence-corrected chi connectivity index (χ2v) is 5.02. The summed E-state index contributed by atoms with van der Waals surface area (Å²) < 4.78 is 5.13. The second kappa shape index (κ2) is 7.48. The summed E-state index contributed by atoms with van der Waals surface area (Å²) in [4.78, 5) is 4.93. The summed E-state index contributed by atoms with van der Waals surface area (Å²) in [6.45, 7) is 7.28. The van der Waals surface area contributed by atoms with Gasteiger partial charge in [0.1, 0.15) is 0 Å². The van der Waals surface area contributed by atoms with Crippen LogP contribution in [-0.2, 0) is 11.3 Å². The zero-order chi connectivity index (χ0) is 13.5. The number of methoxy groups -OCH3 is 1. The maximum absolute atomic E-state index is 5.13.